The van der Waals surface area contributed by atoms with E-state index in [1.807, 2.05) is 0 Å². The number of hydrogen-bond donors (Lipinski definition) is 3. The molecule has 0 aliphatic carbocycles. The van der Waals surface area contributed by atoms with Gasteiger partial charge in [0.2, 0.25) is 5.91 Å². The van der Waals surface area contributed by atoms with Crippen molar-refractivity contribution in [2.45, 2.75) is 97.8 Å². The molecule has 1 aromatic rings. The summed E-state index contributed by atoms with van der Waals surface area (Å²) in [5, 5.41) is 7.73. The number of nitrogens with zero attached hydrogens (tertiary/aromatic N) is 1. The van der Waals surface area contributed by atoms with E-state index < -0.39 is 41.7 Å². The van der Waals surface area contributed by atoms with Gasteiger partial charge < -0.3 is 20.7 Å². The molecule has 0 spiro atoms. The number of thioether (sulfide) groups is 1. The van der Waals surface area contributed by atoms with Crippen LogP contribution in [-0.4, -0.2) is 51.7 Å². The van der Waals surface area contributed by atoms with E-state index in [0.29, 0.717) is 18.6 Å². The van der Waals surface area contributed by atoms with Crippen molar-refractivity contribution in [3.63, 3.8) is 0 Å². The Morgan fingerprint density at radius 3 is 2.58 bits per heavy atom. The summed E-state index contributed by atoms with van der Waals surface area (Å²) in [6.07, 6.45) is 9.95. The predicted octanol–water partition coefficient (Wildman–Crippen LogP) is 4.49. The number of rotatable bonds is 11. The van der Waals surface area contributed by atoms with Crippen LogP contribution < -0.4 is 16.0 Å². The molecule has 1 aliphatic heterocycles. The van der Waals surface area contributed by atoms with Crippen molar-refractivity contribution in [1.82, 2.24) is 20.9 Å². The van der Waals surface area contributed by atoms with Crippen LogP contribution in [0.2, 0.25) is 0 Å². The molecule has 3 N–H and O–H groups in total. The number of aromatic nitrogens is 1. The smallest absolute Gasteiger partial charge is 0.329 e. The minimum atomic E-state index is -1.09. The molecule has 0 saturated heterocycles. The number of ether oxygens (including phenoxy) is 1. The average Bonchev–Trinajstić information content (AvgIpc) is 2.95. The average molecular weight is 619 g/mol. The number of pyridine rings is 1. The summed E-state index contributed by atoms with van der Waals surface area (Å²) in [4.78, 5) is 67.9. The van der Waals surface area contributed by atoms with Crippen molar-refractivity contribution >= 4 is 40.6 Å². The lowest BCUT2D eigenvalue weighted by atomic mass is 10.0. The number of halogens is 1. The second kappa shape index (κ2) is 18.9. The first-order valence-corrected chi connectivity index (χ1v) is 15.8. The van der Waals surface area contributed by atoms with Gasteiger partial charge in [0.25, 0.3) is 11.8 Å². The fraction of sp³-hybridized carbons (Fsp3) is 0.548. The van der Waals surface area contributed by atoms with Crippen LogP contribution in [0.25, 0.3) is 0 Å². The zero-order valence-corrected chi connectivity index (χ0v) is 26.2. The Balaban J connectivity index is 2.17. The minimum absolute atomic E-state index is 0.0908. The van der Waals surface area contributed by atoms with Gasteiger partial charge in [0.1, 0.15) is 29.4 Å². The second-order valence-electron chi connectivity index (χ2n) is 10.6. The first-order chi connectivity index (χ1) is 20.5. The van der Waals surface area contributed by atoms with Gasteiger partial charge >= 0.3 is 5.97 Å². The summed E-state index contributed by atoms with van der Waals surface area (Å²) in [6, 6.07) is 0.914. The fourth-order valence-electron chi connectivity index (χ4n) is 4.17. The van der Waals surface area contributed by atoms with Gasteiger partial charge in [0, 0.05) is 18.2 Å². The number of carbonyl (C=O) groups is 5. The summed E-state index contributed by atoms with van der Waals surface area (Å²) in [7, 11) is 0. The van der Waals surface area contributed by atoms with E-state index in [-0.39, 0.29) is 41.1 Å². The molecule has 2 bridgehead atoms. The number of esters is 1. The fourth-order valence-corrected chi connectivity index (χ4v) is 4.94. The summed E-state index contributed by atoms with van der Waals surface area (Å²) in [5.41, 5.74) is -0.342. The Morgan fingerprint density at radius 2 is 1.88 bits per heavy atom. The maximum atomic E-state index is 14.3. The number of carbonyl (C=O) groups excluding carboxylic acids is 5. The second-order valence-corrected chi connectivity index (χ2v) is 11.7. The Labute approximate surface area is 257 Å². The molecule has 0 radical (unpaired) electrons. The van der Waals surface area contributed by atoms with E-state index in [1.54, 1.807) is 26.0 Å². The highest BCUT2D eigenvalue weighted by atomic mass is 32.2. The molecule has 0 fully saturated rings. The Bertz CT molecular complexity index is 1200. The standard InChI is InChI=1S/C31H43FN4O6S/c1-5-7-8-9-10-14-27(38)43-15-12-11-13-23-18-26(37)33-19-22-16-21(32)17-25(34-22)30(40)35-24(6-2)29(39)36-28(20(3)4)31(41)42-23/h6,11,13,16-17,20,23,28H,5,7-10,12,14-15,18-19H2,1-4H3,(H,33,37)(H,35,40)(H,36,39)/b13-11+,24-6-/t23-,28+/m1/s1. The van der Waals surface area contributed by atoms with Crippen LogP contribution in [0.15, 0.2) is 36.1 Å². The monoisotopic (exact) mass is 618 g/mol. The van der Waals surface area contributed by atoms with Crippen LogP contribution in [0.1, 0.15) is 95.2 Å². The van der Waals surface area contributed by atoms with E-state index in [0.717, 1.165) is 37.8 Å². The van der Waals surface area contributed by atoms with E-state index in [9.17, 15) is 28.4 Å². The van der Waals surface area contributed by atoms with Crippen molar-refractivity contribution < 1.29 is 33.1 Å². The van der Waals surface area contributed by atoms with Crippen LogP contribution in [0.3, 0.4) is 0 Å². The maximum absolute atomic E-state index is 14.3. The van der Waals surface area contributed by atoms with E-state index >= 15 is 0 Å². The number of allylic oxidation sites excluding steroid dienone is 2. The van der Waals surface area contributed by atoms with Crippen molar-refractivity contribution in [2.24, 2.45) is 5.92 Å². The number of hydrogen-bond acceptors (Lipinski definition) is 8. The summed E-state index contributed by atoms with van der Waals surface area (Å²) < 4.78 is 19.9. The lowest BCUT2D eigenvalue weighted by Crippen LogP contribution is -2.48. The molecule has 1 aliphatic rings. The highest BCUT2D eigenvalue weighted by molar-refractivity contribution is 8.13. The zero-order valence-electron chi connectivity index (χ0n) is 25.4. The highest BCUT2D eigenvalue weighted by Gasteiger charge is 2.30. The van der Waals surface area contributed by atoms with Crippen LogP contribution in [0, 0.1) is 11.7 Å². The van der Waals surface area contributed by atoms with E-state index in [1.165, 1.54) is 31.2 Å². The van der Waals surface area contributed by atoms with Gasteiger partial charge in [-0.05, 0) is 37.8 Å². The molecule has 0 unspecified atom stereocenters. The highest BCUT2D eigenvalue weighted by Crippen LogP contribution is 2.15. The topological polar surface area (TPSA) is 144 Å². The lowest BCUT2D eigenvalue weighted by molar-refractivity contribution is -0.153. The molecule has 12 heteroatoms. The third-order valence-electron chi connectivity index (χ3n) is 6.57. The van der Waals surface area contributed by atoms with Crippen molar-refractivity contribution in [3.05, 3.63) is 53.3 Å². The van der Waals surface area contributed by atoms with E-state index in [4.69, 9.17) is 4.74 Å². The van der Waals surface area contributed by atoms with Gasteiger partial charge in [-0.25, -0.2) is 14.2 Å². The molecule has 3 amide bonds. The van der Waals surface area contributed by atoms with Gasteiger partial charge in [-0.15, -0.1) is 0 Å². The third kappa shape index (κ3) is 13.1. The summed E-state index contributed by atoms with van der Waals surface area (Å²) in [6.45, 7) is 6.92. The lowest BCUT2D eigenvalue weighted by Gasteiger charge is -2.24. The van der Waals surface area contributed by atoms with Crippen LogP contribution in [0.5, 0.6) is 0 Å². The molecule has 2 heterocycles. The zero-order chi connectivity index (χ0) is 31.8. The number of amides is 3. The maximum Gasteiger partial charge on any atom is 0.329 e. The molecular weight excluding hydrogens is 575 g/mol. The predicted molar refractivity (Wildman–Crippen MR) is 163 cm³/mol. The van der Waals surface area contributed by atoms with Gasteiger partial charge in [-0.3, -0.25) is 19.2 Å². The first kappa shape index (κ1) is 35.7. The minimum Gasteiger partial charge on any atom is -0.456 e. The van der Waals surface area contributed by atoms with Crippen molar-refractivity contribution in [3.8, 4) is 0 Å². The van der Waals surface area contributed by atoms with Gasteiger partial charge in [0.15, 0.2) is 5.12 Å². The Morgan fingerprint density at radius 1 is 1.14 bits per heavy atom. The number of cyclic esters (lactones) is 1. The molecular formula is C31H43FN4O6S. The molecule has 43 heavy (non-hydrogen) atoms. The SMILES string of the molecule is C/C=C1\NC(=O)c2cc(F)cc(n2)CNC(=O)C[C@@H](/C=C/CCSC(=O)CCCCCCC)OC(=O)[C@H](C(C)C)NC1=O. The van der Waals surface area contributed by atoms with Gasteiger partial charge in [0.05, 0.1) is 18.7 Å². The van der Waals surface area contributed by atoms with Crippen LogP contribution in [-0.2, 0) is 30.5 Å². The molecule has 0 aromatic carbocycles. The Kier molecular flexibility index (Phi) is 15.7. The first-order valence-electron chi connectivity index (χ1n) is 14.8. The Hall–Kier alpha value is -3.54. The summed E-state index contributed by atoms with van der Waals surface area (Å²) in [5.74, 6) is -3.40. The van der Waals surface area contributed by atoms with Crippen LogP contribution >= 0.6 is 11.8 Å². The molecule has 1 aromatic heterocycles. The summed E-state index contributed by atoms with van der Waals surface area (Å²) >= 11 is 1.26. The number of unbranched alkanes of at least 4 members (excludes halogenated alkanes) is 4. The van der Waals surface area contributed by atoms with E-state index in [2.05, 4.69) is 27.9 Å². The molecule has 0 saturated carbocycles. The van der Waals surface area contributed by atoms with Gasteiger partial charge in [-0.1, -0.05) is 70.4 Å². The molecule has 2 atom stereocenters. The number of nitrogens with one attached hydrogen (secondary N) is 3. The third-order valence-corrected chi connectivity index (χ3v) is 7.53. The van der Waals surface area contributed by atoms with Gasteiger partial charge in [-0.2, -0.15) is 0 Å². The largest absolute Gasteiger partial charge is 0.456 e. The molecule has 2 rings (SSSR count). The normalized spacial score (nSPS) is 19.7. The molecule has 236 valence electrons. The van der Waals surface area contributed by atoms with Crippen molar-refractivity contribution in [2.75, 3.05) is 5.75 Å². The van der Waals surface area contributed by atoms with Crippen molar-refractivity contribution in [1.29, 1.82) is 0 Å². The quantitative estimate of drug-likeness (QED) is 0.142. The van der Waals surface area contributed by atoms with Crippen LogP contribution in [0.4, 0.5) is 4.39 Å². The molecule has 10 nitrogen and oxygen atoms in total. The number of fused-ring (bicyclic) bond motifs is 2.